The standard InChI is InChI=1S/C15H13ClF3NO2S/c1-9-3-5-12(7-10(9)2)23(21,22)20-14-6-4-11(16)8-13(14)15(17,18)19/h3-8,20H,1-2H3. The SMILES string of the molecule is Cc1ccc(S(=O)(=O)Nc2ccc(Cl)cc2C(F)(F)F)cc1C. The topological polar surface area (TPSA) is 46.2 Å². The quantitative estimate of drug-likeness (QED) is 0.853. The van der Waals surface area contributed by atoms with Crippen LogP contribution in [0.25, 0.3) is 0 Å². The zero-order chi connectivity index (χ0) is 17.4. The summed E-state index contributed by atoms with van der Waals surface area (Å²) in [7, 11) is -4.14. The summed E-state index contributed by atoms with van der Waals surface area (Å²) in [6.07, 6.45) is -4.73. The number of halogens is 4. The van der Waals surface area contributed by atoms with Crippen molar-refractivity contribution in [1.82, 2.24) is 0 Å². The molecule has 124 valence electrons. The summed E-state index contributed by atoms with van der Waals surface area (Å²) in [6, 6.07) is 7.20. The lowest BCUT2D eigenvalue weighted by molar-refractivity contribution is -0.136. The molecule has 0 radical (unpaired) electrons. The van der Waals surface area contributed by atoms with Gasteiger partial charge in [0.1, 0.15) is 0 Å². The fraction of sp³-hybridized carbons (Fsp3) is 0.200. The van der Waals surface area contributed by atoms with Gasteiger partial charge >= 0.3 is 6.18 Å². The average molecular weight is 364 g/mol. The van der Waals surface area contributed by atoms with E-state index >= 15 is 0 Å². The molecule has 1 N–H and O–H groups in total. The van der Waals surface area contributed by atoms with Crippen molar-refractivity contribution in [2.24, 2.45) is 0 Å². The largest absolute Gasteiger partial charge is 0.418 e. The summed E-state index contributed by atoms with van der Waals surface area (Å²) in [5.41, 5.74) is -0.107. The first-order valence-corrected chi connectivity index (χ1v) is 8.33. The van der Waals surface area contributed by atoms with Crippen LogP contribution < -0.4 is 4.72 Å². The molecule has 2 rings (SSSR count). The Morgan fingerprint density at radius 1 is 1.00 bits per heavy atom. The molecule has 0 aliphatic heterocycles. The lowest BCUT2D eigenvalue weighted by atomic mass is 10.1. The van der Waals surface area contributed by atoms with Gasteiger partial charge in [-0.25, -0.2) is 8.42 Å². The average Bonchev–Trinajstić information content (AvgIpc) is 2.42. The lowest BCUT2D eigenvalue weighted by Crippen LogP contribution is -2.17. The predicted molar refractivity (Wildman–Crippen MR) is 83.2 cm³/mol. The van der Waals surface area contributed by atoms with Gasteiger partial charge in [0.25, 0.3) is 10.0 Å². The molecule has 0 atom stereocenters. The van der Waals surface area contributed by atoms with Crippen molar-refractivity contribution in [2.75, 3.05) is 4.72 Å². The van der Waals surface area contributed by atoms with Crippen molar-refractivity contribution in [3.05, 3.63) is 58.1 Å². The van der Waals surface area contributed by atoms with Crippen molar-refractivity contribution in [3.8, 4) is 0 Å². The van der Waals surface area contributed by atoms with Crippen molar-refractivity contribution >= 4 is 27.3 Å². The van der Waals surface area contributed by atoms with Crippen LogP contribution in [0.4, 0.5) is 18.9 Å². The molecular formula is C15H13ClF3NO2S. The van der Waals surface area contributed by atoms with Crippen molar-refractivity contribution in [2.45, 2.75) is 24.9 Å². The summed E-state index contributed by atoms with van der Waals surface area (Å²) >= 11 is 5.57. The van der Waals surface area contributed by atoms with Crippen LogP contribution in [-0.4, -0.2) is 8.42 Å². The summed E-state index contributed by atoms with van der Waals surface area (Å²) in [5.74, 6) is 0. The lowest BCUT2D eigenvalue weighted by Gasteiger charge is -2.15. The number of anilines is 1. The van der Waals surface area contributed by atoms with Gasteiger partial charge < -0.3 is 0 Å². The minimum absolute atomic E-state index is 0.108. The van der Waals surface area contributed by atoms with Crippen molar-refractivity contribution in [1.29, 1.82) is 0 Å². The van der Waals surface area contributed by atoms with Gasteiger partial charge in [0.05, 0.1) is 16.1 Å². The number of aryl methyl sites for hydroxylation is 2. The number of rotatable bonds is 3. The van der Waals surface area contributed by atoms with E-state index < -0.39 is 27.5 Å². The normalized spacial score (nSPS) is 12.3. The smallest absolute Gasteiger partial charge is 0.279 e. The highest BCUT2D eigenvalue weighted by molar-refractivity contribution is 7.92. The summed E-state index contributed by atoms with van der Waals surface area (Å²) in [5, 5.41) is -0.133. The summed E-state index contributed by atoms with van der Waals surface area (Å²) in [6.45, 7) is 3.53. The predicted octanol–water partition coefficient (Wildman–Crippen LogP) is 4.78. The van der Waals surface area contributed by atoms with E-state index in [-0.39, 0.29) is 9.92 Å². The maximum atomic E-state index is 13.0. The Labute approximate surface area is 137 Å². The molecular weight excluding hydrogens is 351 g/mol. The van der Waals surface area contributed by atoms with E-state index in [0.29, 0.717) is 6.07 Å². The molecule has 0 bridgehead atoms. The van der Waals surface area contributed by atoms with Gasteiger partial charge in [-0.3, -0.25) is 4.72 Å². The van der Waals surface area contributed by atoms with Crippen LogP contribution in [0.2, 0.25) is 5.02 Å². The fourth-order valence-corrected chi connectivity index (χ4v) is 3.26. The molecule has 8 heteroatoms. The Kier molecular flexibility index (Phi) is 4.64. The first kappa shape index (κ1) is 17.6. The number of sulfonamides is 1. The molecule has 2 aromatic carbocycles. The number of nitrogens with one attached hydrogen (secondary N) is 1. The molecule has 0 amide bonds. The van der Waals surface area contributed by atoms with Gasteiger partial charge in [0, 0.05) is 5.02 Å². The van der Waals surface area contributed by atoms with Gasteiger partial charge in [-0.15, -0.1) is 0 Å². The first-order chi connectivity index (χ1) is 10.5. The third kappa shape index (κ3) is 3.97. The monoisotopic (exact) mass is 363 g/mol. The zero-order valence-electron chi connectivity index (χ0n) is 12.2. The molecule has 3 nitrogen and oxygen atoms in total. The van der Waals surface area contributed by atoms with Crippen LogP contribution in [-0.2, 0) is 16.2 Å². The van der Waals surface area contributed by atoms with Gasteiger partial charge in [-0.2, -0.15) is 13.2 Å². The van der Waals surface area contributed by atoms with Gasteiger partial charge in [0.2, 0.25) is 0 Å². The number of alkyl halides is 3. The first-order valence-electron chi connectivity index (χ1n) is 6.47. The molecule has 0 aromatic heterocycles. The van der Waals surface area contributed by atoms with Gasteiger partial charge in [0.15, 0.2) is 0 Å². The molecule has 0 saturated heterocycles. The Morgan fingerprint density at radius 3 is 2.22 bits per heavy atom. The van der Waals surface area contributed by atoms with Crippen LogP contribution in [0.3, 0.4) is 0 Å². The van der Waals surface area contributed by atoms with Crippen molar-refractivity contribution < 1.29 is 21.6 Å². The Hall–Kier alpha value is -1.73. The second kappa shape index (κ2) is 6.05. The third-order valence-electron chi connectivity index (χ3n) is 3.32. The van der Waals surface area contributed by atoms with E-state index in [4.69, 9.17) is 11.6 Å². The van der Waals surface area contributed by atoms with E-state index in [9.17, 15) is 21.6 Å². The molecule has 0 saturated carbocycles. The number of hydrogen-bond acceptors (Lipinski definition) is 2. The molecule has 23 heavy (non-hydrogen) atoms. The Bertz CT molecular complexity index is 848. The van der Waals surface area contributed by atoms with E-state index in [1.165, 1.54) is 18.2 Å². The molecule has 0 aliphatic rings. The van der Waals surface area contributed by atoms with E-state index in [2.05, 4.69) is 0 Å². The molecule has 0 unspecified atom stereocenters. The third-order valence-corrected chi connectivity index (χ3v) is 4.92. The minimum atomic E-state index is -4.73. The van der Waals surface area contributed by atoms with Gasteiger partial charge in [-0.05, 0) is 55.3 Å². The van der Waals surface area contributed by atoms with Crippen molar-refractivity contribution in [3.63, 3.8) is 0 Å². The summed E-state index contributed by atoms with van der Waals surface area (Å²) in [4.78, 5) is -0.108. The summed E-state index contributed by atoms with van der Waals surface area (Å²) < 4.78 is 65.7. The highest BCUT2D eigenvalue weighted by Crippen LogP contribution is 2.37. The van der Waals surface area contributed by atoms with E-state index in [0.717, 1.165) is 17.2 Å². The van der Waals surface area contributed by atoms with Crippen LogP contribution in [0, 0.1) is 13.8 Å². The molecule has 0 aliphatic carbocycles. The minimum Gasteiger partial charge on any atom is -0.279 e. The van der Waals surface area contributed by atoms with Crippen LogP contribution >= 0.6 is 11.6 Å². The fourth-order valence-electron chi connectivity index (χ4n) is 1.92. The zero-order valence-corrected chi connectivity index (χ0v) is 13.8. The van der Waals surface area contributed by atoms with E-state index in [1.54, 1.807) is 19.9 Å². The molecule has 0 heterocycles. The maximum absolute atomic E-state index is 13.0. The second-order valence-corrected chi connectivity index (χ2v) is 7.16. The molecule has 0 spiro atoms. The van der Waals surface area contributed by atoms with Crippen LogP contribution in [0.5, 0.6) is 0 Å². The highest BCUT2D eigenvalue weighted by atomic mass is 35.5. The Morgan fingerprint density at radius 2 is 1.65 bits per heavy atom. The second-order valence-electron chi connectivity index (χ2n) is 5.04. The van der Waals surface area contributed by atoms with Crippen LogP contribution in [0.1, 0.15) is 16.7 Å². The Balaban J connectivity index is 2.47. The number of benzene rings is 2. The molecule has 0 fully saturated rings. The highest BCUT2D eigenvalue weighted by Gasteiger charge is 2.35. The van der Waals surface area contributed by atoms with E-state index in [1.807, 2.05) is 4.72 Å². The number of hydrogen-bond donors (Lipinski definition) is 1. The maximum Gasteiger partial charge on any atom is 0.418 e. The van der Waals surface area contributed by atoms with Crippen LogP contribution in [0.15, 0.2) is 41.3 Å². The molecule has 2 aromatic rings. The van der Waals surface area contributed by atoms with Gasteiger partial charge in [-0.1, -0.05) is 17.7 Å².